The van der Waals surface area contributed by atoms with Gasteiger partial charge in [-0.25, -0.2) is 18.4 Å². The summed E-state index contributed by atoms with van der Waals surface area (Å²) < 4.78 is 25.2. The van der Waals surface area contributed by atoms with E-state index in [0.29, 0.717) is 21.9 Å². The third-order valence-corrected chi connectivity index (χ3v) is 7.01. The molecule has 172 valence electrons. The van der Waals surface area contributed by atoms with Crippen LogP contribution in [0.3, 0.4) is 0 Å². The first kappa shape index (κ1) is 23.5. The van der Waals surface area contributed by atoms with Gasteiger partial charge in [0.15, 0.2) is 9.84 Å². The topological polar surface area (TPSA) is 110 Å². The molecule has 0 saturated carbocycles. The maximum absolute atomic E-state index is 12.8. The Morgan fingerprint density at radius 1 is 1.06 bits per heavy atom. The number of carbonyl (C=O) groups excluding carboxylic acids is 2. The molecule has 10 heteroatoms. The Labute approximate surface area is 201 Å². The number of carbonyl (C=O) groups is 2. The van der Waals surface area contributed by atoms with Crippen molar-refractivity contribution in [3.05, 3.63) is 95.0 Å². The summed E-state index contributed by atoms with van der Waals surface area (Å²) >= 11 is 5.85. The maximum atomic E-state index is 12.8. The van der Waals surface area contributed by atoms with E-state index in [1.165, 1.54) is 36.7 Å². The Balaban J connectivity index is 1.45. The van der Waals surface area contributed by atoms with Crippen molar-refractivity contribution in [1.82, 2.24) is 15.0 Å². The van der Waals surface area contributed by atoms with Crippen LogP contribution in [0, 0.1) is 5.92 Å². The number of hydrazone groups is 1. The van der Waals surface area contributed by atoms with Crippen LogP contribution in [0.5, 0.6) is 0 Å². The van der Waals surface area contributed by atoms with Crippen molar-refractivity contribution in [2.45, 2.75) is 17.6 Å². The van der Waals surface area contributed by atoms with Crippen molar-refractivity contribution < 1.29 is 18.0 Å². The molecular weight excluding hydrogens is 476 g/mol. The Kier molecular flexibility index (Phi) is 6.67. The lowest BCUT2D eigenvalue weighted by Gasteiger charge is -2.11. The Morgan fingerprint density at radius 2 is 1.71 bits per heavy atom. The molecule has 2 amide bonds. The van der Waals surface area contributed by atoms with E-state index in [2.05, 4.69) is 15.1 Å². The summed E-state index contributed by atoms with van der Waals surface area (Å²) in [7, 11) is -3.60. The lowest BCUT2D eigenvalue weighted by Crippen LogP contribution is -2.31. The van der Waals surface area contributed by atoms with Crippen LogP contribution < -0.4 is 0 Å². The molecule has 3 aromatic rings. The predicted octanol–water partition coefficient (Wildman–Crippen LogP) is 3.79. The van der Waals surface area contributed by atoms with E-state index in [9.17, 15) is 18.0 Å². The monoisotopic (exact) mass is 494 g/mol. The third kappa shape index (κ3) is 5.11. The van der Waals surface area contributed by atoms with E-state index >= 15 is 0 Å². The smallest absolute Gasteiger partial charge is 0.271 e. The molecule has 1 aromatic heterocycles. The van der Waals surface area contributed by atoms with Gasteiger partial charge in [0.2, 0.25) is 0 Å². The first-order valence-corrected chi connectivity index (χ1v) is 12.2. The van der Waals surface area contributed by atoms with Gasteiger partial charge in [0.25, 0.3) is 11.8 Å². The number of hydrogen-bond acceptors (Lipinski definition) is 7. The Hall–Kier alpha value is -3.69. The summed E-state index contributed by atoms with van der Waals surface area (Å²) in [4.78, 5) is 33.5. The molecule has 8 nitrogen and oxygen atoms in total. The zero-order valence-electron chi connectivity index (χ0n) is 18.0. The first-order valence-electron chi connectivity index (χ1n) is 10.2. The highest BCUT2D eigenvalue weighted by molar-refractivity contribution is 7.90. The third-order valence-electron chi connectivity index (χ3n) is 5.12. The summed E-state index contributed by atoms with van der Waals surface area (Å²) in [6, 6.07) is 14.1. The normalized spacial score (nSPS) is 16.2. The number of benzene rings is 2. The van der Waals surface area contributed by atoms with E-state index in [1.807, 2.05) is 0 Å². The van der Waals surface area contributed by atoms with Crippen molar-refractivity contribution >= 4 is 45.0 Å². The van der Waals surface area contributed by atoms with Crippen LogP contribution in [0.1, 0.15) is 28.7 Å². The van der Waals surface area contributed by atoms with Gasteiger partial charge in [0.1, 0.15) is 11.6 Å². The fourth-order valence-corrected chi connectivity index (χ4v) is 4.65. The molecule has 2 aromatic carbocycles. The highest BCUT2D eigenvalue weighted by Gasteiger charge is 2.36. The van der Waals surface area contributed by atoms with Gasteiger partial charge in [-0.2, -0.15) is 10.1 Å². The van der Waals surface area contributed by atoms with Gasteiger partial charge in [0.05, 0.1) is 16.5 Å². The molecule has 34 heavy (non-hydrogen) atoms. The molecule has 2 heterocycles. The second-order valence-corrected chi connectivity index (χ2v) is 9.96. The minimum absolute atomic E-state index is 0.145. The van der Waals surface area contributed by atoms with Crippen molar-refractivity contribution in [3.63, 3.8) is 0 Å². The van der Waals surface area contributed by atoms with Gasteiger partial charge < -0.3 is 0 Å². The van der Waals surface area contributed by atoms with E-state index in [4.69, 9.17) is 11.6 Å². The van der Waals surface area contributed by atoms with Crippen molar-refractivity contribution in [3.8, 4) is 0 Å². The van der Waals surface area contributed by atoms with Crippen LogP contribution in [-0.4, -0.2) is 40.9 Å². The van der Waals surface area contributed by atoms with Crippen molar-refractivity contribution in [2.24, 2.45) is 11.0 Å². The van der Waals surface area contributed by atoms with Gasteiger partial charge in [-0.15, -0.1) is 0 Å². The van der Waals surface area contributed by atoms with Gasteiger partial charge in [-0.3, -0.25) is 9.59 Å². The molecular formula is C24H19ClN4O4S. The molecule has 0 spiro atoms. The fraction of sp³-hybridized carbons (Fsp3) is 0.125. The van der Waals surface area contributed by atoms with Gasteiger partial charge in [-0.05, 0) is 55.0 Å². The first-order chi connectivity index (χ1) is 16.2. The molecule has 1 aliphatic rings. The average Bonchev–Trinajstić information content (AvgIpc) is 3.11. The number of aromatic nitrogens is 2. The quantitative estimate of drug-likeness (QED) is 0.482. The molecule has 1 atom stereocenters. The highest BCUT2D eigenvalue weighted by Crippen LogP contribution is 2.22. The summed E-state index contributed by atoms with van der Waals surface area (Å²) in [6.45, 7) is 1.67. The van der Waals surface area contributed by atoms with Crippen molar-refractivity contribution in [2.75, 3.05) is 0 Å². The van der Waals surface area contributed by atoms with E-state index < -0.39 is 27.6 Å². The lowest BCUT2D eigenvalue weighted by atomic mass is 10.0. The van der Waals surface area contributed by atoms with Crippen LogP contribution in [0.2, 0.25) is 5.02 Å². The Morgan fingerprint density at radius 3 is 2.35 bits per heavy atom. The zero-order valence-corrected chi connectivity index (χ0v) is 19.6. The lowest BCUT2D eigenvalue weighted by molar-refractivity contribution is -0.128. The number of imide groups is 1. The van der Waals surface area contributed by atoms with Crippen LogP contribution in [-0.2, 0) is 20.4 Å². The second-order valence-electron chi connectivity index (χ2n) is 7.53. The second kappa shape index (κ2) is 9.66. The molecule has 0 N–H and O–H groups in total. The fourth-order valence-electron chi connectivity index (χ4n) is 3.31. The molecule has 1 aliphatic heterocycles. The highest BCUT2D eigenvalue weighted by atomic mass is 35.5. The number of halogens is 1. The molecule has 0 saturated heterocycles. The Bertz CT molecular complexity index is 1390. The average molecular weight is 495 g/mol. The van der Waals surface area contributed by atoms with Gasteiger partial charge in [0, 0.05) is 23.0 Å². The van der Waals surface area contributed by atoms with E-state index in [-0.39, 0.29) is 16.5 Å². The van der Waals surface area contributed by atoms with Crippen LogP contribution in [0.4, 0.5) is 0 Å². The summed E-state index contributed by atoms with van der Waals surface area (Å²) in [6.07, 6.45) is 6.31. The standard InChI is InChI=1S/C24H19ClN4O4S/c1-16-21(24(31)29(28-16)23(30)18-6-8-19(25)9-7-18)12-5-17-3-10-20(11-4-17)34(32,33)15-22-26-13-2-14-27-22/h2-14,21H,15H2,1H3/b12-5+. The zero-order chi connectivity index (χ0) is 24.3. The SMILES string of the molecule is CC1=NN(C(=O)c2ccc(Cl)cc2)C(=O)C1/C=C/c1ccc(S(=O)(=O)Cc2ncccn2)cc1. The molecule has 0 fully saturated rings. The van der Waals surface area contributed by atoms with Crippen LogP contribution in [0.25, 0.3) is 6.08 Å². The summed E-state index contributed by atoms with van der Waals surface area (Å²) in [5.41, 5.74) is 1.47. The van der Waals surface area contributed by atoms with Crippen LogP contribution >= 0.6 is 11.6 Å². The largest absolute Gasteiger partial charge is 0.281 e. The predicted molar refractivity (Wildman–Crippen MR) is 128 cm³/mol. The molecule has 4 rings (SSSR count). The molecule has 1 unspecified atom stereocenters. The van der Waals surface area contributed by atoms with Crippen LogP contribution in [0.15, 0.2) is 83.1 Å². The number of sulfone groups is 1. The van der Waals surface area contributed by atoms with Crippen molar-refractivity contribution in [1.29, 1.82) is 0 Å². The molecule has 0 aliphatic carbocycles. The molecule has 0 bridgehead atoms. The number of nitrogens with zero attached hydrogens (tertiary/aromatic N) is 4. The maximum Gasteiger partial charge on any atom is 0.281 e. The molecule has 0 radical (unpaired) electrons. The van der Waals surface area contributed by atoms with E-state index in [0.717, 1.165) is 5.01 Å². The summed E-state index contributed by atoms with van der Waals surface area (Å²) in [5, 5.41) is 5.46. The van der Waals surface area contributed by atoms with Gasteiger partial charge >= 0.3 is 0 Å². The minimum atomic E-state index is -3.60. The minimum Gasteiger partial charge on any atom is -0.271 e. The number of rotatable bonds is 6. The summed E-state index contributed by atoms with van der Waals surface area (Å²) in [5.74, 6) is -1.77. The number of amides is 2. The van der Waals surface area contributed by atoms with Gasteiger partial charge in [-0.1, -0.05) is 35.9 Å². The van der Waals surface area contributed by atoms with E-state index in [1.54, 1.807) is 49.4 Å². The number of hydrogen-bond donors (Lipinski definition) is 0.